The highest BCUT2D eigenvalue weighted by molar-refractivity contribution is 9.10. The molecule has 2 heterocycles. The van der Waals surface area contributed by atoms with Crippen LogP contribution in [0.15, 0.2) is 48.5 Å². The Kier molecular flexibility index (Phi) is 4.79. The van der Waals surface area contributed by atoms with E-state index in [0.717, 1.165) is 13.8 Å². The van der Waals surface area contributed by atoms with Crippen molar-refractivity contribution in [1.29, 1.82) is 0 Å². The lowest BCUT2D eigenvalue weighted by atomic mass is 10.2. The SMILES string of the molecule is CC(C)c1nc2ccc(Br)cc2c(=O)n1N=Cc1cc(Br)cs1. The van der Waals surface area contributed by atoms with Gasteiger partial charge in [-0.05, 0) is 40.2 Å². The van der Waals surface area contributed by atoms with Crippen LogP contribution >= 0.6 is 43.2 Å². The monoisotopic (exact) mass is 453 g/mol. The van der Waals surface area contributed by atoms with Crippen LogP contribution in [0.25, 0.3) is 10.9 Å². The number of thiophene rings is 1. The molecule has 0 bridgehead atoms. The molecule has 0 fully saturated rings. The summed E-state index contributed by atoms with van der Waals surface area (Å²) in [7, 11) is 0. The van der Waals surface area contributed by atoms with Gasteiger partial charge in [-0.1, -0.05) is 29.8 Å². The van der Waals surface area contributed by atoms with E-state index in [1.807, 2.05) is 37.4 Å². The molecule has 0 N–H and O–H groups in total. The molecule has 0 radical (unpaired) electrons. The second kappa shape index (κ2) is 6.67. The van der Waals surface area contributed by atoms with Crippen LogP contribution in [0, 0.1) is 0 Å². The molecule has 23 heavy (non-hydrogen) atoms. The van der Waals surface area contributed by atoms with E-state index in [0.29, 0.717) is 16.7 Å². The molecule has 4 nitrogen and oxygen atoms in total. The lowest BCUT2D eigenvalue weighted by molar-refractivity contribution is 0.665. The van der Waals surface area contributed by atoms with Crippen LogP contribution in [0.4, 0.5) is 0 Å². The summed E-state index contributed by atoms with van der Waals surface area (Å²) in [6.45, 7) is 4.00. The molecule has 7 heteroatoms. The first kappa shape index (κ1) is 16.5. The first-order valence-corrected chi connectivity index (χ1v) is 9.43. The maximum atomic E-state index is 12.8. The van der Waals surface area contributed by atoms with E-state index in [1.165, 1.54) is 4.68 Å². The Hall–Kier alpha value is -1.31. The molecule has 0 unspecified atom stereocenters. The predicted octanol–water partition coefficient (Wildman–Crippen LogP) is 4.99. The Morgan fingerprint density at radius 2 is 2.04 bits per heavy atom. The fourth-order valence-corrected chi connectivity index (χ4v) is 3.82. The minimum Gasteiger partial charge on any atom is -0.267 e. The average molecular weight is 455 g/mol. The van der Waals surface area contributed by atoms with Crippen LogP contribution in [0.2, 0.25) is 0 Å². The number of hydrogen-bond donors (Lipinski definition) is 0. The van der Waals surface area contributed by atoms with E-state index in [1.54, 1.807) is 23.6 Å². The normalized spacial score (nSPS) is 11.9. The molecule has 0 aliphatic rings. The van der Waals surface area contributed by atoms with Crippen molar-refractivity contribution in [2.75, 3.05) is 0 Å². The van der Waals surface area contributed by atoms with Gasteiger partial charge in [0.15, 0.2) is 0 Å². The second-order valence-corrected chi connectivity index (χ2v) is 8.09. The van der Waals surface area contributed by atoms with Crippen molar-refractivity contribution < 1.29 is 0 Å². The van der Waals surface area contributed by atoms with Crippen LogP contribution in [0.1, 0.15) is 30.5 Å². The van der Waals surface area contributed by atoms with E-state index >= 15 is 0 Å². The first-order chi connectivity index (χ1) is 11.0. The van der Waals surface area contributed by atoms with Crippen molar-refractivity contribution in [2.24, 2.45) is 5.10 Å². The molecule has 0 aliphatic carbocycles. The summed E-state index contributed by atoms with van der Waals surface area (Å²) in [4.78, 5) is 18.4. The molecule has 3 aromatic rings. The summed E-state index contributed by atoms with van der Waals surface area (Å²) >= 11 is 8.37. The maximum Gasteiger partial charge on any atom is 0.282 e. The Balaban J connectivity index is 2.20. The van der Waals surface area contributed by atoms with Crippen molar-refractivity contribution >= 4 is 60.3 Å². The van der Waals surface area contributed by atoms with Gasteiger partial charge in [0.1, 0.15) is 5.82 Å². The largest absolute Gasteiger partial charge is 0.282 e. The molecule has 0 spiro atoms. The lowest BCUT2D eigenvalue weighted by Gasteiger charge is -2.11. The molecule has 2 aromatic heterocycles. The molecular weight excluding hydrogens is 442 g/mol. The molecule has 0 aliphatic heterocycles. The molecule has 1 aromatic carbocycles. The third-order valence-corrected chi connectivity index (χ3v) is 5.36. The van der Waals surface area contributed by atoms with Gasteiger partial charge in [0.2, 0.25) is 0 Å². The highest BCUT2D eigenvalue weighted by Gasteiger charge is 2.13. The molecule has 118 valence electrons. The van der Waals surface area contributed by atoms with E-state index in [-0.39, 0.29) is 11.5 Å². The zero-order valence-electron chi connectivity index (χ0n) is 12.5. The Morgan fingerprint density at radius 3 is 2.70 bits per heavy atom. The summed E-state index contributed by atoms with van der Waals surface area (Å²) in [6.07, 6.45) is 1.69. The summed E-state index contributed by atoms with van der Waals surface area (Å²) in [6, 6.07) is 7.47. The zero-order chi connectivity index (χ0) is 16.6. The average Bonchev–Trinajstić information content (AvgIpc) is 2.92. The summed E-state index contributed by atoms with van der Waals surface area (Å²) in [5.41, 5.74) is 0.527. The molecular formula is C16H13Br2N3OS. The molecule has 0 saturated heterocycles. The number of aromatic nitrogens is 2. The fourth-order valence-electron chi connectivity index (χ4n) is 2.16. The van der Waals surface area contributed by atoms with Gasteiger partial charge in [0, 0.05) is 25.1 Å². The van der Waals surface area contributed by atoms with Crippen molar-refractivity contribution in [3.8, 4) is 0 Å². The molecule has 0 amide bonds. The third kappa shape index (κ3) is 3.46. The van der Waals surface area contributed by atoms with Gasteiger partial charge >= 0.3 is 0 Å². The van der Waals surface area contributed by atoms with Gasteiger partial charge in [0.05, 0.1) is 17.1 Å². The summed E-state index contributed by atoms with van der Waals surface area (Å²) in [5, 5.41) is 6.91. The van der Waals surface area contributed by atoms with Gasteiger partial charge in [-0.3, -0.25) is 4.79 Å². The number of hydrogen-bond acceptors (Lipinski definition) is 4. The van der Waals surface area contributed by atoms with Crippen LogP contribution < -0.4 is 5.56 Å². The number of fused-ring (bicyclic) bond motifs is 1. The highest BCUT2D eigenvalue weighted by Crippen LogP contribution is 2.20. The fraction of sp³-hybridized carbons (Fsp3) is 0.188. The van der Waals surface area contributed by atoms with Gasteiger partial charge < -0.3 is 0 Å². The van der Waals surface area contributed by atoms with E-state index < -0.39 is 0 Å². The van der Waals surface area contributed by atoms with E-state index in [9.17, 15) is 4.79 Å². The Morgan fingerprint density at radius 1 is 1.26 bits per heavy atom. The quantitative estimate of drug-likeness (QED) is 0.523. The second-order valence-electron chi connectivity index (χ2n) is 5.31. The van der Waals surface area contributed by atoms with Crippen LogP contribution in [0.5, 0.6) is 0 Å². The standard InChI is InChI=1S/C16H13Br2N3OS/c1-9(2)15-20-14-4-3-10(17)6-13(14)16(22)21(15)19-7-12-5-11(18)8-23-12/h3-9H,1-2H3. The van der Waals surface area contributed by atoms with Crippen LogP contribution in [-0.2, 0) is 0 Å². The molecule has 0 saturated carbocycles. The zero-order valence-corrected chi connectivity index (χ0v) is 16.4. The van der Waals surface area contributed by atoms with Gasteiger partial charge in [-0.15, -0.1) is 11.3 Å². The Labute approximate surface area is 154 Å². The third-order valence-electron chi connectivity index (χ3n) is 3.24. The van der Waals surface area contributed by atoms with Crippen LogP contribution in [-0.4, -0.2) is 15.9 Å². The minimum atomic E-state index is -0.160. The number of benzene rings is 1. The number of halogens is 2. The smallest absolute Gasteiger partial charge is 0.267 e. The van der Waals surface area contributed by atoms with Gasteiger partial charge in [0.25, 0.3) is 5.56 Å². The van der Waals surface area contributed by atoms with Crippen molar-refractivity contribution in [1.82, 2.24) is 9.66 Å². The topological polar surface area (TPSA) is 47.2 Å². The minimum absolute atomic E-state index is 0.0861. The van der Waals surface area contributed by atoms with Crippen molar-refractivity contribution in [3.63, 3.8) is 0 Å². The predicted molar refractivity (Wildman–Crippen MR) is 103 cm³/mol. The summed E-state index contributed by atoms with van der Waals surface area (Å²) in [5.74, 6) is 0.736. The molecule has 0 atom stereocenters. The first-order valence-electron chi connectivity index (χ1n) is 6.96. The van der Waals surface area contributed by atoms with E-state index in [2.05, 4.69) is 41.9 Å². The van der Waals surface area contributed by atoms with Gasteiger partial charge in [-0.2, -0.15) is 9.78 Å². The van der Waals surface area contributed by atoms with E-state index in [4.69, 9.17) is 0 Å². The Bertz CT molecular complexity index is 960. The van der Waals surface area contributed by atoms with Crippen molar-refractivity contribution in [3.05, 3.63) is 59.6 Å². The molecule has 3 rings (SSSR count). The lowest BCUT2D eigenvalue weighted by Crippen LogP contribution is -2.23. The van der Waals surface area contributed by atoms with Crippen molar-refractivity contribution in [2.45, 2.75) is 19.8 Å². The number of nitrogens with zero attached hydrogens (tertiary/aromatic N) is 3. The maximum absolute atomic E-state index is 12.8. The summed E-state index contributed by atoms with van der Waals surface area (Å²) < 4.78 is 3.24. The highest BCUT2D eigenvalue weighted by atomic mass is 79.9. The number of rotatable bonds is 3. The van der Waals surface area contributed by atoms with Gasteiger partial charge in [-0.25, -0.2) is 4.98 Å². The van der Waals surface area contributed by atoms with Crippen LogP contribution in [0.3, 0.4) is 0 Å².